The summed E-state index contributed by atoms with van der Waals surface area (Å²) in [7, 11) is -3.69. The van der Waals surface area contributed by atoms with Crippen molar-refractivity contribution in [2.75, 3.05) is 18.4 Å². The molecule has 0 unspecified atom stereocenters. The molecule has 7 heteroatoms. The molecule has 2 aromatic carbocycles. The normalized spacial score (nSPS) is 15.9. The highest BCUT2D eigenvalue weighted by Crippen LogP contribution is 2.28. The molecule has 0 radical (unpaired) electrons. The number of rotatable bonds is 6. The Bertz CT molecular complexity index is 1040. The number of para-hydroxylation sites is 1. The van der Waals surface area contributed by atoms with Crippen LogP contribution in [0.1, 0.15) is 55.5 Å². The van der Waals surface area contributed by atoms with Crippen molar-refractivity contribution in [1.82, 2.24) is 4.31 Å². The molecule has 0 saturated carbocycles. The van der Waals surface area contributed by atoms with Gasteiger partial charge in [0, 0.05) is 30.3 Å². The molecule has 1 aliphatic rings. The van der Waals surface area contributed by atoms with Crippen molar-refractivity contribution >= 4 is 27.4 Å². The standard InChI is InChI=1S/C23H28N2O4S/c1-16(2)21-9-4-5-10-22(21)24-23(27)18-11-13-25(14-12-18)30(28,29)20-8-6-7-19(15-20)17(3)26/h4-10,15-16,18H,11-14H2,1-3H3,(H,24,27). The molecule has 3 rings (SSSR count). The van der Waals surface area contributed by atoms with Crippen molar-refractivity contribution in [1.29, 1.82) is 0 Å². The maximum absolute atomic E-state index is 13.0. The first kappa shape index (κ1) is 22.2. The Kier molecular flexibility index (Phi) is 6.73. The van der Waals surface area contributed by atoms with Crippen LogP contribution in [0.2, 0.25) is 0 Å². The van der Waals surface area contributed by atoms with Crippen LogP contribution < -0.4 is 5.32 Å². The van der Waals surface area contributed by atoms with Crippen LogP contribution in [0, 0.1) is 5.92 Å². The van der Waals surface area contributed by atoms with E-state index in [-0.39, 0.29) is 35.6 Å². The fourth-order valence-electron chi connectivity index (χ4n) is 3.73. The SMILES string of the molecule is CC(=O)c1cccc(S(=O)(=O)N2CCC(C(=O)Nc3ccccc3C(C)C)CC2)c1. The number of sulfonamides is 1. The zero-order chi connectivity index (χ0) is 21.9. The molecule has 1 saturated heterocycles. The highest BCUT2D eigenvalue weighted by atomic mass is 32.2. The summed E-state index contributed by atoms with van der Waals surface area (Å²) in [5.41, 5.74) is 2.26. The zero-order valence-electron chi connectivity index (χ0n) is 17.6. The van der Waals surface area contributed by atoms with E-state index >= 15 is 0 Å². The number of benzene rings is 2. The number of carbonyl (C=O) groups is 2. The smallest absolute Gasteiger partial charge is 0.243 e. The average Bonchev–Trinajstić information content (AvgIpc) is 2.74. The number of nitrogens with zero attached hydrogens (tertiary/aromatic N) is 1. The van der Waals surface area contributed by atoms with E-state index in [0.29, 0.717) is 24.3 Å². The summed E-state index contributed by atoms with van der Waals surface area (Å²) in [5.74, 6) is -0.192. The second-order valence-electron chi connectivity index (χ2n) is 7.99. The highest BCUT2D eigenvalue weighted by molar-refractivity contribution is 7.89. The van der Waals surface area contributed by atoms with Gasteiger partial charge in [-0.15, -0.1) is 0 Å². The number of piperidine rings is 1. The van der Waals surface area contributed by atoms with Crippen LogP contribution in [0.15, 0.2) is 53.4 Å². The molecular formula is C23H28N2O4S. The Hall–Kier alpha value is -2.51. The number of anilines is 1. The minimum atomic E-state index is -3.69. The van der Waals surface area contributed by atoms with E-state index in [9.17, 15) is 18.0 Å². The van der Waals surface area contributed by atoms with Gasteiger partial charge in [0.05, 0.1) is 4.90 Å². The van der Waals surface area contributed by atoms with Gasteiger partial charge in [0.1, 0.15) is 0 Å². The lowest BCUT2D eigenvalue weighted by Gasteiger charge is -2.30. The van der Waals surface area contributed by atoms with Crippen LogP contribution in [0.4, 0.5) is 5.69 Å². The van der Waals surface area contributed by atoms with Crippen LogP contribution in [0.25, 0.3) is 0 Å². The Labute approximate surface area is 178 Å². The number of amides is 1. The first-order valence-corrected chi connectivity index (χ1v) is 11.6. The molecule has 1 amide bonds. The van der Waals surface area contributed by atoms with Gasteiger partial charge in [-0.2, -0.15) is 4.31 Å². The van der Waals surface area contributed by atoms with Crippen molar-refractivity contribution in [2.45, 2.75) is 44.4 Å². The number of ketones is 1. The summed E-state index contributed by atoms with van der Waals surface area (Å²) in [4.78, 5) is 24.5. The van der Waals surface area contributed by atoms with Gasteiger partial charge in [-0.1, -0.05) is 44.2 Å². The Balaban J connectivity index is 1.66. The molecule has 1 heterocycles. The third-order valence-corrected chi connectivity index (χ3v) is 7.44. The van der Waals surface area contributed by atoms with E-state index in [2.05, 4.69) is 19.2 Å². The largest absolute Gasteiger partial charge is 0.326 e. The molecule has 1 fully saturated rings. The fourth-order valence-corrected chi connectivity index (χ4v) is 5.25. The molecule has 0 aliphatic carbocycles. The van der Waals surface area contributed by atoms with E-state index in [1.807, 2.05) is 24.3 Å². The zero-order valence-corrected chi connectivity index (χ0v) is 18.4. The molecule has 0 spiro atoms. The maximum Gasteiger partial charge on any atom is 0.243 e. The van der Waals surface area contributed by atoms with Crippen LogP contribution in [0.3, 0.4) is 0 Å². The third-order valence-electron chi connectivity index (χ3n) is 5.54. The molecule has 0 aromatic heterocycles. The Morgan fingerprint density at radius 3 is 2.33 bits per heavy atom. The quantitative estimate of drug-likeness (QED) is 0.704. The van der Waals surface area contributed by atoms with Gasteiger partial charge in [-0.3, -0.25) is 9.59 Å². The monoisotopic (exact) mass is 428 g/mol. The molecule has 30 heavy (non-hydrogen) atoms. The lowest BCUT2D eigenvalue weighted by molar-refractivity contribution is -0.120. The first-order chi connectivity index (χ1) is 14.2. The Morgan fingerprint density at radius 1 is 1.03 bits per heavy atom. The first-order valence-electron chi connectivity index (χ1n) is 10.2. The maximum atomic E-state index is 13.0. The summed E-state index contributed by atoms with van der Waals surface area (Å²) >= 11 is 0. The predicted molar refractivity (Wildman–Crippen MR) is 117 cm³/mol. The second-order valence-corrected chi connectivity index (χ2v) is 9.93. The van der Waals surface area contributed by atoms with Gasteiger partial charge < -0.3 is 5.32 Å². The Morgan fingerprint density at radius 2 is 1.70 bits per heavy atom. The van der Waals surface area contributed by atoms with Crippen molar-refractivity contribution in [2.24, 2.45) is 5.92 Å². The molecule has 1 N–H and O–H groups in total. The molecular weight excluding hydrogens is 400 g/mol. The number of hydrogen-bond donors (Lipinski definition) is 1. The van der Waals surface area contributed by atoms with Gasteiger partial charge in [-0.05, 0) is 49.4 Å². The average molecular weight is 429 g/mol. The lowest BCUT2D eigenvalue weighted by Crippen LogP contribution is -2.41. The van der Waals surface area contributed by atoms with E-state index in [1.165, 1.54) is 23.4 Å². The molecule has 160 valence electrons. The topological polar surface area (TPSA) is 83.6 Å². The number of hydrogen-bond acceptors (Lipinski definition) is 4. The van der Waals surface area contributed by atoms with Crippen molar-refractivity contribution in [3.05, 3.63) is 59.7 Å². The van der Waals surface area contributed by atoms with Crippen molar-refractivity contribution in [3.8, 4) is 0 Å². The summed E-state index contributed by atoms with van der Waals surface area (Å²) in [5, 5.41) is 3.02. The number of nitrogens with one attached hydrogen (secondary N) is 1. The van der Waals surface area contributed by atoms with Crippen LogP contribution in [-0.4, -0.2) is 37.5 Å². The van der Waals surface area contributed by atoms with Gasteiger partial charge in [0.2, 0.25) is 15.9 Å². The van der Waals surface area contributed by atoms with E-state index in [4.69, 9.17) is 0 Å². The van der Waals surface area contributed by atoms with Crippen molar-refractivity contribution in [3.63, 3.8) is 0 Å². The minimum Gasteiger partial charge on any atom is -0.326 e. The van der Waals surface area contributed by atoms with Gasteiger partial charge in [0.15, 0.2) is 5.78 Å². The van der Waals surface area contributed by atoms with E-state index in [1.54, 1.807) is 12.1 Å². The summed E-state index contributed by atoms with van der Waals surface area (Å²) in [6.07, 6.45) is 0.919. The van der Waals surface area contributed by atoms with Gasteiger partial charge in [-0.25, -0.2) is 8.42 Å². The van der Waals surface area contributed by atoms with Gasteiger partial charge in [0.25, 0.3) is 0 Å². The molecule has 0 bridgehead atoms. The minimum absolute atomic E-state index is 0.0706. The van der Waals surface area contributed by atoms with Crippen LogP contribution in [-0.2, 0) is 14.8 Å². The third kappa shape index (κ3) is 4.79. The molecule has 1 aliphatic heterocycles. The van der Waals surface area contributed by atoms with E-state index in [0.717, 1.165) is 11.3 Å². The predicted octanol–water partition coefficient (Wildman–Crippen LogP) is 4.05. The van der Waals surface area contributed by atoms with Crippen LogP contribution in [0.5, 0.6) is 0 Å². The molecule has 6 nitrogen and oxygen atoms in total. The van der Waals surface area contributed by atoms with Crippen molar-refractivity contribution < 1.29 is 18.0 Å². The lowest BCUT2D eigenvalue weighted by atomic mass is 9.96. The second kappa shape index (κ2) is 9.10. The van der Waals surface area contributed by atoms with Gasteiger partial charge >= 0.3 is 0 Å². The number of Topliss-reactive ketones (excluding diaryl/α,β-unsaturated/α-hetero) is 1. The molecule has 2 aromatic rings. The fraction of sp³-hybridized carbons (Fsp3) is 0.391. The van der Waals surface area contributed by atoms with Crippen LogP contribution >= 0.6 is 0 Å². The summed E-state index contributed by atoms with van der Waals surface area (Å²) in [6, 6.07) is 13.9. The highest BCUT2D eigenvalue weighted by Gasteiger charge is 2.32. The van der Waals surface area contributed by atoms with E-state index < -0.39 is 10.0 Å². The molecule has 0 atom stereocenters. The summed E-state index contributed by atoms with van der Waals surface area (Å²) < 4.78 is 27.3. The summed E-state index contributed by atoms with van der Waals surface area (Å²) in [6.45, 7) is 6.12. The number of carbonyl (C=O) groups excluding carboxylic acids is 2.